The predicted octanol–water partition coefficient (Wildman–Crippen LogP) is 2.86. The lowest BCUT2D eigenvalue weighted by Crippen LogP contribution is -2.00. The van der Waals surface area contributed by atoms with Crippen LogP contribution in [0.2, 0.25) is 0 Å². The van der Waals surface area contributed by atoms with Crippen molar-refractivity contribution in [2.45, 2.75) is 30.9 Å². The average molecular weight is 178 g/mol. The number of hydrogen-bond donors (Lipinski definition) is 1. The molecular weight excluding hydrogens is 164 g/mol. The van der Waals surface area contributed by atoms with E-state index in [0.29, 0.717) is 5.25 Å². The van der Waals surface area contributed by atoms with Gasteiger partial charge in [0.1, 0.15) is 0 Å². The molecule has 64 valence electrons. The van der Waals surface area contributed by atoms with Crippen molar-refractivity contribution in [1.82, 2.24) is 0 Å². The van der Waals surface area contributed by atoms with Gasteiger partial charge >= 0.3 is 0 Å². The Morgan fingerprint density at radius 1 is 1.17 bits per heavy atom. The summed E-state index contributed by atoms with van der Waals surface area (Å²) < 4.78 is 0. The highest BCUT2D eigenvalue weighted by Gasteiger charge is 2.12. The first-order valence-electron chi connectivity index (χ1n) is 4.61. The second-order valence-electron chi connectivity index (χ2n) is 3.52. The summed E-state index contributed by atoms with van der Waals surface area (Å²) in [6, 6.07) is 8.76. The molecule has 1 heteroatoms. The summed E-state index contributed by atoms with van der Waals surface area (Å²) in [5.41, 5.74) is 3.05. The molecule has 1 atom stereocenters. The lowest BCUT2D eigenvalue weighted by atomic mass is 10.0. The van der Waals surface area contributed by atoms with Crippen LogP contribution in [0.25, 0.3) is 0 Å². The lowest BCUT2D eigenvalue weighted by Gasteiger charge is -2.06. The molecule has 0 heterocycles. The Hall–Kier alpha value is -0.430. The molecule has 1 aromatic rings. The summed E-state index contributed by atoms with van der Waals surface area (Å²) in [4.78, 5) is 0. The van der Waals surface area contributed by atoms with Gasteiger partial charge in [-0.25, -0.2) is 0 Å². The Balaban J connectivity index is 2.31. The maximum atomic E-state index is 4.55. The Morgan fingerprint density at radius 2 is 1.92 bits per heavy atom. The van der Waals surface area contributed by atoms with Crippen molar-refractivity contribution < 1.29 is 0 Å². The zero-order chi connectivity index (χ0) is 8.39. The summed E-state index contributed by atoms with van der Waals surface area (Å²) in [6.07, 6.45) is 4.95. The van der Waals surface area contributed by atoms with Crippen LogP contribution in [-0.2, 0) is 12.8 Å². The molecular formula is C11H14S. The van der Waals surface area contributed by atoms with Gasteiger partial charge in [0.25, 0.3) is 0 Å². The summed E-state index contributed by atoms with van der Waals surface area (Å²) in [6.45, 7) is 0. The molecule has 0 nitrogen and oxygen atoms in total. The first-order chi connectivity index (χ1) is 5.86. The maximum absolute atomic E-state index is 4.55. The van der Waals surface area contributed by atoms with E-state index in [1.54, 1.807) is 0 Å². The van der Waals surface area contributed by atoms with Gasteiger partial charge in [-0.05, 0) is 36.8 Å². The molecule has 0 spiro atoms. The average Bonchev–Trinajstić information content (AvgIpc) is 2.25. The van der Waals surface area contributed by atoms with Gasteiger partial charge in [0.05, 0.1) is 0 Å². The third-order valence-corrected chi connectivity index (χ3v) is 3.00. The van der Waals surface area contributed by atoms with Crippen molar-refractivity contribution in [2.24, 2.45) is 0 Å². The van der Waals surface area contributed by atoms with Crippen molar-refractivity contribution in [3.8, 4) is 0 Å². The Morgan fingerprint density at radius 3 is 2.75 bits per heavy atom. The lowest BCUT2D eigenvalue weighted by molar-refractivity contribution is 0.730. The second-order valence-corrected chi connectivity index (χ2v) is 4.25. The molecule has 1 aromatic carbocycles. The van der Waals surface area contributed by atoms with Crippen LogP contribution in [0, 0.1) is 0 Å². The number of aryl methyl sites for hydroxylation is 1. The molecule has 0 aliphatic heterocycles. The van der Waals surface area contributed by atoms with E-state index in [9.17, 15) is 0 Å². The Kier molecular flexibility index (Phi) is 2.40. The molecule has 1 aliphatic rings. The van der Waals surface area contributed by atoms with Crippen LogP contribution in [0.4, 0.5) is 0 Å². The highest BCUT2D eigenvalue weighted by atomic mass is 32.1. The molecule has 1 unspecified atom stereocenters. The van der Waals surface area contributed by atoms with Crippen molar-refractivity contribution in [1.29, 1.82) is 0 Å². The van der Waals surface area contributed by atoms with Gasteiger partial charge in [-0.1, -0.05) is 24.3 Å². The van der Waals surface area contributed by atoms with E-state index in [4.69, 9.17) is 0 Å². The molecule has 0 fully saturated rings. The van der Waals surface area contributed by atoms with Gasteiger partial charge < -0.3 is 0 Å². The van der Waals surface area contributed by atoms with Crippen LogP contribution in [0.3, 0.4) is 0 Å². The van der Waals surface area contributed by atoms with Gasteiger partial charge in [0, 0.05) is 5.25 Å². The normalized spacial score (nSPS) is 22.9. The van der Waals surface area contributed by atoms with E-state index < -0.39 is 0 Å². The molecule has 2 rings (SSSR count). The van der Waals surface area contributed by atoms with E-state index in [1.165, 1.54) is 30.4 Å². The molecule has 0 N–H and O–H groups in total. The fraction of sp³-hybridized carbons (Fsp3) is 0.455. The Labute approximate surface area is 79.4 Å². The molecule has 0 aromatic heterocycles. The third-order valence-electron chi connectivity index (χ3n) is 2.56. The van der Waals surface area contributed by atoms with E-state index in [2.05, 4.69) is 36.9 Å². The standard InChI is InChI=1S/C11H14S/c12-11-7-3-6-9-4-1-2-5-10(9)8-11/h1-2,4-5,11-12H,3,6-8H2. The van der Waals surface area contributed by atoms with Crippen molar-refractivity contribution in [2.75, 3.05) is 0 Å². The van der Waals surface area contributed by atoms with E-state index in [0.717, 1.165) is 6.42 Å². The molecule has 12 heavy (non-hydrogen) atoms. The molecule has 0 radical (unpaired) electrons. The van der Waals surface area contributed by atoms with Gasteiger partial charge in [-0.15, -0.1) is 0 Å². The fourth-order valence-electron chi connectivity index (χ4n) is 1.88. The topological polar surface area (TPSA) is 0 Å². The SMILES string of the molecule is SC1CCCc2ccccc2C1. The van der Waals surface area contributed by atoms with Crippen LogP contribution >= 0.6 is 12.6 Å². The minimum atomic E-state index is 0.577. The van der Waals surface area contributed by atoms with Crippen LogP contribution in [0.1, 0.15) is 24.0 Å². The molecule has 0 bridgehead atoms. The number of rotatable bonds is 0. The highest BCUT2D eigenvalue weighted by Crippen LogP contribution is 2.22. The maximum Gasteiger partial charge on any atom is 0.00574 e. The largest absolute Gasteiger partial charge is 0.176 e. The van der Waals surface area contributed by atoms with Gasteiger partial charge in [-0.3, -0.25) is 0 Å². The molecule has 1 aliphatic carbocycles. The van der Waals surface area contributed by atoms with Crippen LogP contribution in [-0.4, -0.2) is 5.25 Å². The minimum Gasteiger partial charge on any atom is -0.176 e. The third kappa shape index (κ3) is 1.66. The van der Waals surface area contributed by atoms with Crippen molar-refractivity contribution in [3.05, 3.63) is 35.4 Å². The van der Waals surface area contributed by atoms with E-state index in [1.807, 2.05) is 0 Å². The highest BCUT2D eigenvalue weighted by molar-refractivity contribution is 7.80. The molecule has 0 saturated heterocycles. The zero-order valence-electron chi connectivity index (χ0n) is 7.16. The van der Waals surface area contributed by atoms with Crippen LogP contribution in [0.5, 0.6) is 0 Å². The first kappa shape index (κ1) is 8.18. The smallest absolute Gasteiger partial charge is 0.00574 e. The predicted molar refractivity (Wildman–Crippen MR) is 55.9 cm³/mol. The number of thiol groups is 1. The molecule has 0 saturated carbocycles. The second kappa shape index (κ2) is 3.53. The summed E-state index contributed by atoms with van der Waals surface area (Å²) in [5, 5.41) is 0.577. The van der Waals surface area contributed by atoms with E-state index in [-0.39, 0.29) is 0 Å². The molecule has 0 amide bonds. The summed E-state index contributed by atoms with van der Waals surface area (Å²) in [7, 11) is 0. The van der Waals surface area contributed by atoms with Gasteiger partial charge in [0.15, 0.2) is 0 Å². The summed E-state index contributed by atoms with van der Waals surface area (Å²) >= 11 is 4.55. The summed E-state index contributed by atoms with van der Waals surface area (Å²) in [5.74, 6) is 0. The Bertz CT molecular complexity index is 267. The minimum absolute atomic E-state index is 0.577. The van der Waals surface area contributed by atoms with Crippen molar-refractivity contribution in [3.63, 3.8) is 0 Å². The number of benzene rings is 1. The van der Waals surface area contributed by atoms with Crippen molar-refractivity contribution >= 4 is 12.6 Å². The van der Waals surface area contributed by atoms with E-state index >= 15 is 0 Å². The zero-order valence-corrected chi connectivity index (χ0v) is 8.06. The van der Waals surface area contributed by atoms with Crippen LogP contribution < -0.4 is 0 Å². The number of hydrogen-bond acceptors (Lipinski definition) is 1. The van der Waals surface area contributed by atoms with Gasteiger partial charge in [-0.2, -0.15) is 12.6 Å². The first-order valence-corrected chi connectivity index (χ1v) is 5.13. The van der Waals surface area contributed by atoms with Crippen LogP contribution in [0.15, 0.2) is 24.3 Å². The quantitative estimate of drug-likeness (QED) is 0.458. The van der Waals surface area contributed by atoms with Gasteiger partial charge in [0.2, 0.25) is 0 Å². The number of fused-ring (bicyclic) bond motifs is 1. The fourth-order valence-corrected chi connectivity index (χ4v) is 2.26. The monoisotopic (exact) mass is 178 g/mol.